The van der Waals surface area contributed by atoms with Crippen LogP contribution in [0.2, 0.25) is 5.02 Å². The Morgan fingerprint density at radius 2 is 1.84 bits per heavy atom. The number of rotatable bonds is 4. The Morgan fingerprint density at radius 1 is 1.32 bits per heavy atom. The lowest BCUT2D eigenvalue weighted by molar-refractivity contribution is -0.122. The van der Waals surface area contributed by atoms with E-state index in [9.17, 15) is 4.79 Å². The van der Waals surface area contributed by atoms with Crippen molar-refractivity contribution in [2.24, 2.45) is 5.41 Å². The van der Waals surface area contributed by atoms with Crippen molar-refractivity contribution >= 4 is 33.4 Å². The normalized spacial score (nSPS) is 14.8. The second-order valence-corrected chi connectivity index (χ2v) is 7.28. The van der Waals surface area contributed by atoms with Gasteiger partial charge in [0, 0.05) is 11.6 Å². The molecule has 2 atom stereocenters. The fraction of sp³-hybridized carbons (Fsp3) is 0.533. The summed E-state index contributed by atoms with van der Waals surface area (Å²) in [4.78, 5) is 11.8. The second-order valence-electron chi connectivity index (χ2n) is 5.93. The van der Waals surface area contributed by atoms with Gasteiger partial charge in [-0.05, 0) is 29.0 Å². The maximum Gasteiger partial charge on any atom is 0.234 e. The van der Waals surface area contributed by atoms with Crippen LogP contribution in [0.5, 0.6) is 0 Å². The van der Waals surface area contributed by atoms with Crippen LogP contribution < -0.4 is 5.32 Å². The van der Waals surface area contributed by atoms with Gasteiger partial charge in [0.25, 0.3) is 0 Å². The standard InChI is InChI=1S/C15H21BrClNO/c1-10(11-5-7-12(17)8-6-11)9-18-14(19)13(16)15(2,3)4/h5-8,10,13H,9H2,1-4H3,(H,18,19). The van der Waals surface area contributed by atoms with E-state index in [4.69, 9.17) is 11.6 Å². The minimum atomic E-state index is -0.183. The molecule has 0 fully saturated rings. The summed E-state index contributed by atoms with van der Waals surface area (Å²) in [6.45, 7) is 8.82. The molecule has 1 amide bonds. The van der Waals surface area contributed by atoms with E-state index < -0.39 is 0 Å². The van der Waals surface area contributed by atoms with E-state index in [1.54, 1.807) is 0 Å². The van der Waals surface area contributed by atoms with E-state index in [0.717, 1.165) is 5.02 Å². The third-order valence-corrected chi connectivity index (χ3v) is 5.05. The predicted molar refractivity (Wildman–Crippen MR) is 85.0 cm³/mol. The highest BCUT2D eigenvalue weighted by molar-refractivity contribution is 9.10. The van der Waals surface area contributed by atoms with Gasteiger partial charge in [-0.2, -0.15) is 0 Å². The van der Waals surface area contributed by atoms with Crippen molar-refractivity contribution in [3.63, 3.8) is 0 Å². The van der Waals surface area contributed by atoms with Gasteiger partial charge in [-0.1, -0.05) is 67.4 Å². The summed E-state index contributed by atoms with van der Waals surface area (Å²) in [5.74, 6) is 0.300. The molecule has 0 saturated heterocycles. The average molecular weight is 347 g/mol. The van der Waals surface area contributed by atoms with Crippen LogP contribution in [0, 0.1) is 5.41 Å². The third kappa shape index (κ3) is 5.15. The number of carbonyl (C=O) groups is 1. The fourth-order valence-corrected chi connectivity index (χ4v) is 1.93. The van der Waals surface area contributed by atoms with Crippen molar-refractivity contribution in [1.29, 1.82) is 0 Å². The van der Waals surface area contributed by atoms with Crippen molar-refractivity contribution in [2.45, 2.75) is 38.4 Å². The molecule has 0 saturated carbocycles. The monoisotopic (exact) mass is 345 g/mol. The van der Waals surface area contributed by atoms with Gasteiger partial charge < -0.3 is 5.32 Å². The zero-order valence-corrected chi connectivity index (χ0v) is 14.2. The van der Waals surface area contributed by atoms with Crippen LogP contribution in [-0.4, -0.2) is 17.3 Å². The number of carbonyl (C=O) groups excluding carboxylic acids is 1. The Bertz CT molecular complexity index is 425. The number of hydrogen-bond donors (Lipinski definition) is 1. The summed E-state index contributed by atoms with van der Waals surface area (Å²) in [6, 6.07) is 7.73. The first kappa shape index (κ1) is 16.5. The molecular weight excluding hydrogens is 326 g/mol. The summed E-state index contributed by atoms with van der Waals surface area (Å²) in [6.07, 6.45) is 0. The van der Waals surface area contributed by atoms with Crippen LogP contribution in [0.25, 0.3) is 0 Å². The molecule has 0 aliphatic heterocycles. The number of alkyl halides is 1. The quantitative estimate of drug-likeness (QED) is 0.806. The van der Waals surface area contributed by atoms with Crippen LogP contribution in [0.4, 0.5) is 0 Å². The van der Waals surface area contributed by atoms with E-state index in [2.05, 4.69) is 28.2 Å². The SMILES string of the molecule is CC(CNC(=O)C(Br)C(C)(C)C)c1ccc(Cl)cc1. The summed E-state index contributed by atoms with van der Waals surface area (Å²) in [7, 11) is 0. The number of halogens is 2. The molecule has 1 rings (SSSR count). The highest BCUT2D eigenvalue weighted by Crippen LogP contribution is 2.26. The number of amides is 1. The first-order chi connectivity index (χ1) is 8.71. The number of nitrogens with one attached hydrogen (secondary N) is 1. The smallest absolute Gasteiger partial charge is 0.234 e. The molecule has 106 valence electrons. The van der Waals surface area contributed by atoms with E-state index in [1.807, 2.05) is 45.0 Å². The van der Waals surface area contributed by atoms with Gasteiger partial charge in [-0.25, -0.2) is 0 Å². The van der Waals surface area contributed by atoms with E-state index >= 15 is 0 Å². The highest BCUT2D eigenvalue weighted by atomic mass is 79.9. The molecule has 0 aromatic heterocycles. The van der Waals surface area contributed by atoms with Crippen LogP contribution in [0.3, 0.4) is 0 Å². The van der Waals surface area contributed by atoms with Gasteiger partial charge in [-0.3, -0.25) is 4.79 Å². The molecule has 4 heteroatoms. The van der Waals surface area contributed by atoms with Gasteiger partial charge in [-0.15, -0.1) is 0 Å². The Morgan fingerprint density at radius 3 is 2.32 bits per heavy atom. The predicted octanol–water partition coefficient (Wildman–Crippen LogP) is 4.37. The van der Waals surface area contributed by atoms with Crippen LogP contribution in [0.15, 0.2) is 24.3 Å². The third-order valence-electron chi connectivity index (χ3n) is 3.01. The molecule has 2 unspecified atom stereocenters. The summed E-state index contributed by atoms with van der Waals surface area (Å²) in [5.41, 5.74) is 1.08. The summed E-state index contributed by atoms with van der Waals surface area (Å²) < 4.78 is 0. The Kier molecular flexibility index (Phi) is 5.87. The maximum absolute atomic E-state index is 12.0. The summed E-state index contributed by atoms with van der Waals surface area (Å²) >= 11 is 9.31. The first-order valence-electron chi connectivity index (χ1n) is 6.39. The van der Waals surface area contributed by atoms with Gasteiger partial charge in [0.05, 0.1) is 4.83 Å². The number of hydrogen-bond acceptors (Lipinski definition) is 1. The molecule has 0 bridgehead atoms. The molecule has 0 spiro atoms. The van der Waals surface area contributed by atoms with Gasteiger partial charge in [0.2, 0.25) is 5.91 Å². The Hall–Kier alpha value is -0.540. The Labute approximate surface area is 129 Å². The minimum absolute atomic E-state index is 0.0355. The summed E-state index contributed by atoms with van der Waals surface area (Å²) in [5, 5.41) is 3.71. The lowest BCUT2D eigenvalue weighted by atomic mass is 9.91. The average Bonchev–Trinajstić information content (AvgIpc) is 2.34. The first-order valence-corrected chi connectivity index (χ1v) is 7.68. The molecule has 0 radical (unpaired) electrons. The van der Waals surface area contributed by atoms with E-state index in [-0.39, 0.29) is 22.1 Å². The van der Waals surface area contributed by atoms with Crippen molar-refractivity contribution in [2.75, 3.05) is 6.54 Å². The molecule has 0 heterocycles. The van der Waals surface area contributed by atoms with E-state index in [1.165, 1.54) is 5.56 Å². The zero-order chi connectivity index (χ0) is 14.6. The van der Waals surface area contributed by atoms with Crippen LogP contribution in [0.1, 0.15) is 39.2 Å². The molecule has 1 N–H and O–H groups in total. The second kappa shape index (κ2) is 6.76. The topological polar surface area (TPSA) is 29.1 Å². The highest BCUT2D eigenvalue weighted by Gasteiger charge is 2.28. The fourth-order valence-electron chi connectivity index (χ4n) is 1.65. The van der Waals surface area contributed by atoms with Crippen LogP contribution >= 0.6 is 27.5 Å². The molecule has 1 aromatic carbocycles. The molecule has 0 aliphatic carbocycles. The molecule has 1 aromatic rings. The molecular formula is C15H21BrClNO. The lowest BCUT2D eigenvalue weighted by Crippen LogP contribution is -2.40. The molecule has 0 aliphatic rings. The van der Waals surface area contributed by atoms with Crippen molar-refractivity contribution < 1.29 is 4.79 Å². The van der Waals surface area contributed by atoms with Gasteiger partial charge in [0.1, 0.15) is 0 Å². The van der Waals surface area contributed by atoms with Gasteiger partial charge >= 0.3 is 0 Å². The maximum atomic E-state index is 12.0. The van der Waals surface area contributed by atoms with Crippen molar-refractivity contribution in [3.8, 4) is 0 Å². The molecule has 19 heavy (non-hydrogen) atoms. The van der Waals surface area contributed by atoms with Crippen molar-refractivity contribution in [3.05, 3.63) is 34.9 Å². The zero-order valence-electron chi connectivity index (χ0n) is 11.8. The Balaban J connectivity index is 2.53. The largest absolute Gasteiger partial charge is 0.355 e. The number of benzene rings is 1. The minimum Gasteiger partial charge on any atom is -0.355 e. The van der Waals surface area contributed by atoms with E-state index in [0.29, 0.717) is 6.54 Å². The van der Waals surface area contributed by atoms with Crippen molar-refractivity contribution in [1.82, 2.24) is 5.32 Å². The molecule has 2 nitrogen and oxygen atoms in total. The lowest BCUT2D eigenvalue weighted by Gasteiger charge is -2.25. The van der Waals surface area contributed by atoms with Gasteiger partial charge in [0.15, 0.2) is 0 Å². The van der Waals surface area contributed by atoms with Crippen LogP contribution in [-0.2, 0) is 4.79 Å².